The summed E-state index contributed by atoms with van der Waals surface area (Å²) in [6.45, 7) is 4.54. The van der Waals surface area contributed by atoms with Crippen LogP contribution in [0.1, 0.15) is 48.9 Å². The number of aryl methyl sites for hydroxylation is 1. The number of aromatic nitrogens is 1. The molecule has 0 aliphatic carbocycles. The number of aliphatic hydroxyl groups excluding tert-OH is 1. The number of pyridine rings is 1. The number of hydrogen-bond donors (Lipinski definition) is 1. The van der Waals surface area contributed by atoms with E-state index in [-0.39, 0.29) is 11.3 Å². The molecule has 1 unspecified atom stereocenters. The number of rotatable bonds is 6. The highest BCUT2D eigenvalue weighted by molar-refractivity contribution is 6.46. The number of ketones is 1. The molecule has 1 saturated heterocycles. The number of hydrogen-bond acceptors (Lipinski definition) is 4. The molecule has 27 heavy (non-hydrogen) atoms. The van der Waals surface area contributed by atoms with Crippen LogP contribution < -0.4 is 0 Å². The average Bonchev–Trinajstić information content (AvgIpc) is 2.93. The van der Waals surface area contributed by atoms with E-state index in [9.17, 15) is 14.7 Å². The molecule has 0 saturated carbocycles. The van der Waals surface area contributed by atoms with Crippen LogP contribution in [-0.4, -0.2) is 33.2 Å². The van der Waals surface area contributed by atoms with Crippen molar-refractivity contribution in [2.45, 2.75) is 39.2 Å². The number of carbonyl (C=O) groups is 2. The van der Waals surface area contributed by atoms with Crippen molar-refractivity contribution < 1.29 is 14.7 Å². The Labute approximate surface area is 159 Å². The molecule has 3 rings (SSSR count). The van der Waals surface area contributed by atoms with Crippen molar-refractivity contribution in [2.75, 3.05) is 6.54 Å². The van der Waals surface area contributed by atoms with Crippen molar-refractivity contribution in [2.24, 2.45) is 0 Å². The number of Topliss-reactive ketones (excluding diaryl/α,β-unsaturated/α-hetero) is 1. The van der Waals surface area contributed by atoms with Gasteiger partial charge in [0.25, 0.3) is 11.7 Å². The fraction of sp³-hybridized carbons (Fsp3) is 0.318. The Morgan fingerprint density at radius 2 is 1.81 bits per heavy atom. The fourth-order valence-corrected chi connectivity index (χ4v) is 3.52. The van der Waals surface area contributed by atoms with Gasteiger partial charge in [-0.05, 0) is 36.6 Å². The topological polar surface area (TPSA) is 70.5 Å². The van der Waals surface area contributed by atoms with E-state index in [4.69, 9.17) is 0 Å². The van der Waals surface area contributed by atoms with E-state index in [0.29, 0.717) is 12.1 Å². The summed E-state index contributed by atoms with van der Waals surface area (Å²) in [6, 6.07) is 10.4. The second kappa shape index (κ2) is 8.16. The molecule has 0 bridgehead atoms. The Kier molecular flexibility index (Phi) is 5.69. The molecular formula is C22H24N2O3. The van der Waals surface area contributed by atoms with Gasteiger partial charge in [0, 0.05) is 24.5 Å². The first kappa shape index (κ1) is 18.8. The highest BCUT2D eigenvalue weighted by Gasteiger charge is 2.46. The summed E-state index contributed by atoms with van der Waals surface area (Å²) in [4.78, 5) is 31.1. The second-order valence-corrected chi connectivity index (χ2v) is 6.79. The standard InChI is InChI=1S/C22H24N2O3/c1-3-4-7-14-24-19(17-9-6-5-8-15(17)2)18(21(26)22(24)27)20(25)16-10-12-23-13-11-16/h5-6,8-13,19,25H,3-4,7,14H2,1-2H3/b20-18-. The van der Waals surface area contributed by atoms with Crippen LogP contribution in [0.5, 0.6) is 0 Å². The summed E-state index contributed by atoms with van der Waals surface area (Å²) in [5.74, 6) is -1.33. The van der Waals surface area contributed by atoms with Gasteiger partial charge in [0.05, 0.1) is 11.6 Å². The third-order valence-electron chi connectivity index (χ3n) is 4.98. The molecule has 1 atom stereocenters. The van der Waals surface area contributed by atoms with E-state index < -0.39 is 17.7 Å². The molecule has 1 aromatic heterocycles. The van der Waals surface area contributed by atoms with Gasteiger partial charge in [-0.15, -0.1) is 0 Å². The summed E-state index contributed by atoms with van der Waals surface area (Å²) in [5.41, 5.74) is 2.47. The van der Waals surface area contributed by atoms with Crippen molar-refractivity contribution in [1.29, 1.82) is 0 Å². The Morgan fingerprint density at radius 3 is 2.48 bits per heavy atom. The molecule has 0 spiro atoms. The molecule has 140 valence electrons. The molecule has 1 amide bonds. The Morgan fingerprint density at radius 1 is 1.11 bits per heavy atom. The quantitative estimate of drug-likeness (QED) is 0.364. The molecule has 2 heterocycles. The predicted molar refractivity (Wildman–Crippen MR) is 104 cm³/mol. The summed E-state index contributed by atoms with van der Waals surface area (Å²) in [6.07, 6.45) is 5.93. The van der Waals surface area contributed by atoms with Crippen LogP contribution in [0.25, 0.3) is 5.76 Å². The largest absolute Gasteiger partial charge is 0.507 e. The van der Waals surface area contributed by atoms with E-state index in [2.05, 4.69) is 11.9 Å². The summed E-state index contributed by atoms with van der Waals surface area (Å²) < 4.78 is 0. The van der Waals surface area contributed by atoms with E-state index in [1.165, 1.54) is 0 Å². The lowest BCUT2D eigenvalue weighted by molar-refractivity contribution is -0.139. The lowest BCUT2D eigenvalue weighted by Gasteiger charge is -2.26. The van der Waals surface area contributed by atoms with Crippen LogP contribution in [0.3, 0.4) is 0 Å². The number of nitrogens with zero attached hydrogens (tertiary/aromatic N) is 2. The molecule has 1 fully saturated rings. The summed E-state index contributed by atoms with van der Waals surface area (Å²) >= 11 is 0. The number of carbonyl (C=O) groups excluding carboxylic acids is 2. The summed E-state index contributed by atoms with van der Waals surface area (Å²) in [7, 11) is 0. The molecular weight excluding hydrogens is 340 g/mol. The first-order chi connectivity index (χ1) is 13.1. The molecule has 2 aromatic rings. The van der Waals surface area contributed by atoms with Crippen molar-refractivity contribution in [3.63, 3.8) is 0 Å². The normalized spacial score (nSPS) is 18.9. The van der Waals surface area contributed by atoms with Crippen LogP contribution >= 0.6 is 0 Å². The minimum atomic E-state index is -0.630. The zero-order valence-corrected chi connectivity index (χ0v) is 15.7. The van der Waals surface area contributed by atoms with Crippen LogP contribution in [0.2, 0.25) is 0 Å². The predicted octanol–water partition coefficient (Wildman–Crippen LogP) is 4.00. The van der Waals surface area contributed by atoms with Crippen LogP contribution in [-0.2, 0) is 9.59 Å². The maximum Gasteiger partial charge on any atom is 0.295 e. The highest BCUT2D eigenvalue weighted by Crippen LogP contribution is 2.40. The zero-order valence-electron chi connectivity index (χ0n) is 15.7. The lowest BCUT2D eigenvalue weighted by Crippen LogP contribution is -2.31. The molecule has 1 aliphatic heterocycles. The van der Waals surface area contributed by atoms with Gasteiger partial charge >= 0.3 is 0 Å². The number of likely N-dealkylation sites (tertiary alicyclic amines) is 1. The zero-order chi connectivity index (χ0) is 19.4. The monoisotopic (exact) mass is 364 g/mol. The smallest absolute Gasteiger partial charge is 0.295 e. The number of benzene rings is 1. The van der Waals surface area contributed by atoms with E-state index >= 15 is 0 Å². The molecule has 1 N–H and O–H groups in total. The van der Waals surface area contributed by atoms with Crippen LogP contribution in [0, 0.1) is 6.92 Å². The summed E-state index contributed by atoms with van der Waals surface area (Å²) in [5, 5.41) is 10.9. The molecule has 5 heteroatoms. The van der Waals surface area contributed by atoms with Gasteiger partial charge in [-0.1, -0.05) is 44.0 Å². The van der Waals surface area contributed by atoms with E-state index in [1.807, 2.05) is 31.2 Å². The molecule has 1 aliphatic rings. The maximum absolute atomic E-state index is 12.8. The molecule has 1 aromatic carbocycles. The third-order valence-corrected chi connectivity index (χ3v) is 4.98. The second-order valence-electron chi connectivity index (χ2n) is 6.79. The number of amides is 1. The van der Waals surface area contributed by atoms with Gasteiger partial charge in [0.15, 0.2) is 0 Å². The average molecular weight is 364 g/mol. The van der Waals surface area contributed by atoms with Crippen molar-refractivity contribution in [3.8, 4) is 0 Å². The number of aliphatic hydroxyl groups is 1. The Hall–Kier alpha value is -2.95. The number of unbranched alkanes of at least 4 members (excludes halogenated alkanes) is 2. The van der Waals surface area contributed by atoms with Gasteiger partial charge in [-0.25, -0.2) is 0 Å². The minimum Gasteiger partial charge on any atom is -0.507 e. The Balaban J connectivity index is 2.14. The van der Waals surface area contributed by atoms with Crippen molar-refractivity contribution in [3.05, 3.63) is 71.1 Å². The van der Waals surface area contributed by atoms with Gasteiger partial charge in [0.2, 0.25) is 0 Å². The minimum absolute atomic E-state index is 0.150. The molecule has 0 radical (unpaired) electrons. The van der Waals surface area contributed by atoms with Crippen LogP contribution in [0.4, 0.5) is 0 Å². The van der Waals surface area contributed by atoms with Crippen molar-refractivity contribution >= 4 is 17.4 Å². The first-order valence-corrected chi connectivity index (χ1v) is 9.30. The highest BCUT2D eigenvalue weighted by atomic mass is 16.3. The SMILES string of the molecule is CCCCCN1C(=O)C(=O)/C(=C(\O)c2ccncc2)C1c1ccccc1C. The fourth-order valence-electron chi connectivity index (χ4n) is 3.52. The molecule has 5 nitrogen and oxygen atoms in total. The lowest BCUT2D eigenvalue weighted by atomic mass is 9.92. The Bertz CT molecular complexity index is 874. The van der Waals surface area contributed by atoms with Gasteiger partial charge in [0.1, 0.15) is 5.76 Å². The van der Waals surface area contributed by atoms with Gasteiger partial charge in [-0.3, -0.25) is 14.6 Å². The van der Waals surface area contributed by atoms with E-state index in [0.717, 1.165) is 30.4 Å². The van der Waals surface area contributed by atoms with Gasteiger partial charge < -0.3 is 10.0 Å². The van der Waals surface area contributed by atoms with Gasteiger partial charge in [-0.2, -0.15) is 0 Å². The maximum atomic E-state index is 12.8. The first-order valence-electron chi connectivity index (χ1n) is 9.30. The third kappa shape index (κ3) is 3.63. The van der Waals surface area contributed by atoms with Crippen LogP contribution in [0.15, 0.2) is 54.4 Å². The van der Waals surface area contributed by atoms with Crippen molar-refractivity contribution in [1.82, 2.24) is 9.88 Å². The van der Waals surface area contributed by atoms with E-state index in [1.54, 1.807) is 29.4 Å².